The highest BCUT2D eigenvalue weighted by atomic mass is 32.2. The first-order valence-corrected chi connectivity index (χ1v) is 7.12. The van der Waals surface area contributed by atoms with Crippen molar-refractivity contribution >= 4 is 17.7 Å². The van der Waals surface area contributed by atoms with E-state index in [4.69, 9.17) is 14.6 Å². The van der Waals surface area contributed by atoms with E-state index in [0.29, 0.717) is 19.6 Å². The Hall–Kier alpha value is -1.36. The SMILES string of the molecule is CSc1c(CCCC(=O)O)ccc2c1OCCO2. The van der Waals surface area contributed by atoms with Gasteiger partial charge in [-0.15, -0.1) is 11.8 Å². The highest BCUT2D eigenvalue weighted by molar-refractivity contribution is 7.98. The molecule has 18 heavy (non-hydrogen) atoms. The molecule has 5 heteroatoms. The summed E-state index contributed by atoms with van der Waals surface area (Å²) in [6.07, 6.45) is 3.58. The molecular weight excluding hydrogens is 252 g/mol. The summed E-state index contributed by atoms with van der Waals surface area (Å²) >= 11 is 1.62. The lowest BCUT2D eigenvalue weighted by atomic mass is 10.1. The molecule has 1 N–H and O–H groups in total. The van der Waals surface area contributed by atoms with Gasteiger partial charge in [-0.1, -0.05) is 6.07 Å². The molecule has 0 aliphatic carbocycles. The third-order valence-electron chi connectivity index (χ3n) is 2.79. The number of carboxylic acid groups (broad SMARTS) is 1. The van der Waals surface area contributed by atoms with Gasteiger partial charge in [0.1, 0.15) is 13.2 Å². The summed E-state index contributed by atoms with van der Waals surface area (Å²) in [5.74, 6) is 0.840. The molecule has 1 aliphatic heterocycles. The Labute approximate surface area is 110 Å². The van der Waals surface area contributed by atoms with Crippen LogP contribution < -0.4 is 9.47 Å². The largest absolute Gasteiger partial charge is 0.486 e. The maximum absolute atomic E-state index is 10.5. The van der Waals surface area contributed by atoms with Crippen LogP contribution in [0.2, 0.25) is 0 Å². The molecule has 0 radical (unpaired) electrons. The molecule has 0 bridgehead atoms. The fraction of sp³-hybridized carbons (Fsp3) is 0.462. The number of hydrogen-bond donors (Lipinski definition) is 1. The van der Waals surface area contributed by atoms with E-state index in [-0.39, 0.29) is 6.42 Å². The molecule has 4 nitrogen and oxygen atoms in total. The first-order chi connectivity index (χ1) is 8.72. The zero-order valence-electron chi connectivity index (χ0n) is 10.3. The van der Waals surface area contributed by atoms with Crippen LogP contribution in [0.3, 0.4) is 0 Å². The Kier molecular flexibility index (Phi) is 4.36. The van der Waals surface area contributed by atoms with Crippen LogP contribution in [0.15, 0.2) is 17.0 Å². The minimum absolute atomic E-state index is 0.197. The van der Waals surface area contributed by atoms with Crippen LogP contribution in [-0.4, -0.2) is 30.5 Å². The van der Waals surface area contributed by atoms with Crippen LogP contribution >= 0.6 is 11.8 Å². The maximum atomic E-state index is 10.5. The predicted octanol–water partition coefficient (Wildman–Crippen LogP) is 2.59. The average Bonchev–Trinajstić information content (AvgIpc) is 2.38. The van der Waals surface area contributed by atoms with Gasteiger partial charge < -0.3 is 14.6 Å². The number of rotatable bonds is 5. The Morgan fingerprint density at radius 3 is 2.89 bits per heavy atom. The molecule has 0 aromatic heterocycles. The molecular formula is C13H16O4S. The molecule has 0 saturated heterocycles. The smallest absolute Gasteiger partial charge is 0.303 e. The second-order valence-electron chi connectivity index (χ2n) is 4.03. The van der Waals surface area contributed by atoms with Crippen molar-refractivity contribution in [1.29, 1.82) is 0 Å². The van der Waals surface area contributed by atoms with Crippen molar-refractivity contribution in [2.45, 2.75) is 24.2 Å². The van der Waals surface area contributed by atoms with Crippen LogP contribution in [0.25, 0.3) is 0 Å². The third kappa shape index (κ3) is 2.90. The van der Waals surface area contributed by atoms with Gasteiger partial charge in [-0.2, -0.15) is 0 Å². The van der Waals surface area contributed by atoms with E-state index in [2.05, 4.69) is 0 Å². The van der Waals surface area contributed by atoms with E-state index < -0.39 is 5.97 Å². The van der Waals surface area contributed by atoms with Gasteiger partial charge in [-0.3, -0.25) is 4.79 Å². The molecule has 1 aromatic carbocycles. The molecule has 0 fully saturated rings. The summed E-state index contributed by atoms with van der Waals surface area (Å²) in [6.45, 7) is 1.15. The predicted molar refractivity (Wildman–Crippen MR) is 69.8 cm³/mol. The number of aliphatic carboxylic acids is 1. The zero-order chi connectivity index (χ0) is 13.0. The fourth-order valence-corrected chi connectivity index (χ4v) is 2.76. The van der Waals surface area contributed by atoms with Crippen LogP contribution in [-0.2, 0) is 11.2 Å². The third-order valence-corrected chi connectivity index (χ3v) is 3.64. The molecule has 1 aliphatic rings. The second-order valence-corrected chi connectivity index (χ2v) is 4.85. The Bertz CT molecular complexity index is 445. The summed E-state index contributed by atoms with van der Waals surface area (Å²) in [5, 5.41) is 8.66. The maximum Gasteiger partial charge on any atom is 0.303 e. The van der Waals surface area contributed by atoms with E-state index in [0.717, 1.165) is 28.4 Å². The van der Waals surface area contributed by atoms with Crippen molar-refractivity contribution in [3.8, 4) is 11.5 Å². The summed E-state index contributed by atoms with van der Waals surface area (Å²) in [5.41, 5.74) is 1.13. The van der Waals surface area contributed by atoms with Crippen molar-refractivity contribution < 1.29 is 19.4 Å². The van der Waals surface area contributed by atoms with Gasteiger partial charge >= 0.3 is 5.97 Å². The summed E-state index contributed by atoms with van der Waals surface area (Å²) in [6, 6.07) is 3.91. The quantitative estimate of drug-likeness (QED) is 0.832. The molecule has 1 heterocycles. The Balaban J connectivity index is 2.17. The number of ether oxygens (including phenoxy) is 2. The van der Waals surface area contributed by atoms with Gasteiger partial charge in [-0.25, -0.2) is 0 Å². The van der Waals surface area contributed by atoms with Gasteiger partial charge in [-0.05, 0) is 30.7 Å². The lowest BCUT2D eigenvalue weighted by molar-refractivity contribution is -0.137. The van der Waals surface area contributed by atoms with Crippen molar-refractivity contribution in [3.63, 3.8) is 0 Å². The summed E-state index contributed by atoms with van der Waals surface area (Å²) < 4.78 is 11.2. The first-order valence-electron chi connectivity index (χ1n) is 5.89. The van der Waals surface area contributed by atoms with Gasteiger partial charge in [0.05, 0.1) is 4.90 Å². The van der Waals surface area contributed by atoms with Crippen LogP contribution in [0, 0.1) is 0 Å². The first kappa shape index (κ1) is 13.1. The normalized spacial score (nSPS) is 13.4. The lowest BCUT2D eigenvalue weighted by Crippen LogP contribution is -2.16. The minimum Gasteiger partial charge on any atom is -0.486 e. The molecule has 0 saturated carbocycles. The lowest BCUT2D eigenvalue weighted by Gasteiger charge is -2.22. The van der Waals surface area contributed by atoms with Gasteiger partial charge in [0, 0.05) is 6.42 Å². The Morgan fingerprint density at radius 1 is 1.39 bits per heavy atom. The monoisotopic (exact) mass is 268 g/mol. The highest BCUT2D eigenvalue weighted by Crippen LogP contribution is 2.41. The molecule has 0 spiro atoms. The van der Waals surface area contributed by atoms with Crippen molar-refractivity contribution in [2.75, 3.05) is 19.5 Å². The second kappa shape index (κ2) is 6.00. The Morgan fingerprint density at radius 2 is 2.17 bits per heavy atom. The van der Waals surface area contributed by atoms with E-state index in [1.807, 2.05) is 18.4 Å². The minimum atomic E-state index is -0.752. The van der Waals surface area contributed by atoms with E-state index in [1.54, 1.807) is 11.8 Å². The van der Waals surface area contributed by atoms with Crippen molar-refractivity contribution in [2.24, 2.45) is 0 Å². The zero-order valence-corrected chi connectivity index (χ0v) is 11.1. The van der Waals surface area contributed by atoms with Crippen LogP contribution in [0.1, 0.15) is 18.4 Å². The van der Waals surface area contributed by atoms with E-state index >= 15 is 0 Å². The molecule has 0 unspecified atom stereocenters. The van der Waals surface area contributed by atoms with Crippen LogP contribution in [0.5, 0.6) is 11.5 Å². The number of carboxylic acids is 1. The summed E-state index contributed by atoms with van der Waals surface area (Å²) in [7, 11) is 0. The van der Waals surface area contributed by atoms with Crippen molar-refractivity contribution in [3.05, 3.63) is 17.7 Å². The molecule has 2 rings (SSSR count). The van der Waals surface area contributed by atoms with Crippen molar-refractivity contribution in [1.82, 2.24) is 0 Å². The highest BCUT2D eigenvalue weighted by Gasteiger charge is 2.18. The van der Waals surface area contributed by atoms with Gasteiger partial charge in [0.2, 0.25) is 0 Å². The van der Waals surface area contributed by atoms with E-state index in [1.165, 1.54) is 0 Å². The number of benzene rings is 1. The molecule has 98 valence electrons. The number of carbonyl (C=O) groups is 1. The molecule has 1 aromatic rings. The molecule has 0 amide bonds. The topological polar surface area (TPSA) is 55.8 Å². The average molecular weight is 268 g/mol. The number of fused-ring (bicyclic) bond motifs is 1. The fourth-order valence-electron chi connectivity index (χ4n) is 1.98. The number of aryl methyl sites for hydroxylation is 1. The molecule has 0 atom stereocenters. The number of thioether (sulfide) groups is 1. The van der Waals surface area contributed by atoms with Gasteiger partial charge in [0.25, 0.3) is 0 Å². The standard InChI is InChI=1S/C13H16O4S/c1-18-13-9(3-2-4-11(14)15)5-6-10-12(13)17-8-7-16-10/h5-6H,2-4,7-8H2,1H3,(H,14,15). The summed E-state index contributed by atoms with van der Waals surface area (Å²) in [4.78, 5) is 11.6. The van der Waals surface area contributed by atoms with Crippen LogP contribution in [0.4, 0.5) is 0 Å². The van der Waals surface area contributed by atoms with Gasteiger partial charge in [0.15, 0.2) is 11.5 Å². The van der Waals surface area contributed by atoms with E-state index in [9.17, 15) is 4.79 Å². The number of hydrogen-bond acceptors (Lipinski definition) is 4.